The molecule has 0 saturated carbocycles. The fraction of sp³-hybridized carbons (Fsp3) is 0.150. The Hall–Kier alpha value is -3.19. The number of esters is 1. The maximum atomic E-state index is 12.7. The van der Waals surface area contributed by atoms with Crippen LogP contribution in [0.3, 0.4) is 0 Å². The highest BCUT2D eigenvalue weighted by Crippen LogP contribution is 2.27. The fourth-order valence-electron chi connectivity index (χ4n) is 2.79. The molecule has 1 aromatic carbocycles. The molecule has 0 aliphatic heterocycles. The van der Waals surface area contributed by atoms with Crippen molar-refractivity contribution in [1.29, 1.82) is 0 Å². The number of ether oxygens (including phenoxy) is 1. The van der Waals surface area contributed by atoms with Gasteiger partial charge in [0, 0.05) is 25.0 Å². The Kier molecular flexibility index (Phi) is 4.84. The first-order chi connectivity index (χ1) is 13.2. The second kappa shape index (κ2) is 7.59. The predicted octanol–water partition coefficient (Wildman–Crippen LogP) is 3.75. The molecule has 0 radical (unpaired) electrons. The molecule has 0 N–H and O–H groups in total. The summed E-state index contributed by atoms with van der Waals surface area (Å²) < 4.78 is 8.95. The minimum absolute atomic E-state index is 0.181. The third-order valence-corrected chi connectivity index (χ3v) is 4.93. The Morgan fingerprint density at radius 3 is 2.67 bits per heavy atom. The van der Waals surface area contributed by atoms with Crippen molar-refractivity contribution in [3.05, 3.63) is 83.1 Å². The third-order valence-electron chi connectivity index (χ3n) is 4.05. The average molecular weight is 378 g/mol. The van der Waals surface area contributed by atoms with Gasteiger partial charge in [-0.1, -0.05) is 36.4 Å². The summed E-state index contributed by atoms with van der Waals surface area (Å²) in [7, 11) is 1.83. The minimum atomic E-state index is -0.387. The Morgan fingerprint density at radius 1 is 1.11 bits per heavy atom. The Bertz CT molecular complexity index is 1040. The third kappa shape index (κ3) is 3.98. The van der Waals surface area contributed by atoms with Crippen LogP contribution < -0.4 is 0 Å². The summed E-state index contributed by atoms with van der Waals surface area (Å²) in [6, 6.07) is 13.9. The van der Waals surface area contributed by atoms with E-state index in [-0.39, 0.29) is 12.6 Å². The van der Waals surface area contributed by atoms with Crippen molar-refractivity contribution in [2.45, 2.75) is 13.2 Å². The lowest BCUT2D eigenvalue weighted by Gasteiger charge is -2.02. The molecule has 27 heavy (non-hydrogen) atoms. The number of aromatic nitrogens is 4. The SMILES string of the molecule is Cn1cc(COC(=O)c2cn(Cc3ccccc3)nc2-c2cccs2)cn1. The van der Waals surface area contributed by atoms with E-state index < -0.39 is 0 Å². The molecule has 0 unspecified atom stereocenters. The molecule has 0 bridgehead atoms. The highest BCUT2D eigenvalue weighted by molar-refractivity contribution is 7.13. The van der Waals surface area contributed by atoms with Crippen LogP contribution in [0.4, 0.5) is 0 Å². The molecule has 4 rings (SSSR count). The van der Waals surface area contributed by atoms with E-state index in [1.54, 1.807) is 33.1 Å². The first-order valence-electron chi connectivity index (χ1n) is 8.49. The molecule has 6 nitrogen and oxygen atoms in total. The average Bonchev–Trinajstić information content (AvgIpc) is 3.41. The molecule has 7 heteroatoms. The second-order valence-corrected chi connectivity index (χ2v) is 7.10. The number of rotatable bonds is 6. The molecule has 3 aromatic heterocycles. The maximum absolute atomic E-state index is 12.7. The van der Waals surface area contributed by atoms with Gasteiger partial charge in [-0.05, 0) is 17.0 Å². The van der Waals surface area contributed by atoms with Crippen molar-refractivity contribution in [2.75, 3.05) is 0 Å². The lowest BCUT2D eigenvalue weighted by Crippen LogP contribution is -2.05. The Balaban J connectivity index is 1.58. The zero-order valence-corrected chi connectivity index (χ0v) is 15.6. The molecule has 0 aliphatic rings. The zero-order valence-electron chi connectivity index (χ0n) is 14.8. The molecule has 0 aliphatic carbocycles. The van der Waals surface area contributed by atoms with Gasteiger partial charge in [-0.2, -0.15) is 10.2 Å². The largest absolute Gasteiger partial charge is 0.457 e. The van der Waals surface area contributed by atoms with Crippen LogP contribution in [-0.4, -0.2) is 25.5 Å². The van der Waals surface area contributed by atoms with Crippen molar-refractivity contribution in [1.82, 2.24) is 19.6 Å². The number of thiophene rings is 1. The van der Waals surface area contributed by atoms with E-state index in [0.29, 0.717) is 17.8 Å². The minimum Gasteiger partial charge on any atom is -0.457 e. The van der Waals surface area contributed by atoms with E-state index in [4.69, 9.17) is 4.74 Å². The highest BCUT2D eigenvalue weighted by Gasteiger charge is 2.20. The number of aryl methyl sites for hydroxylation is 1. The van der Waals surface area contributed by atoms with Gasteiger partial charge in [-0.25, -0.2) is 4.79 Å². The standard InChI is InChI=1S/C20H18N4O2S/c1-23-11-16(10-21-23)14-26-20(25)17-13-24(12-15-6-3-2-4-7-15)22-19(17)18-8-5-9-27-18/h2-11,13H,12,14H2,1H3. The van der Waals surface area contributed by atoms with Crippen LogP contribution in [0.15, 0.2) is 66.4 Å². The molecule has 3 heterocycles. The summed E-state index contributed by atoms with van der Waals surface area (Å²) in [5, 5.41) is 10.7. The monoisotopic (exact) mass is 378 g/mol. The van der Waals surface area contributed by atoms with Crippen LogP contribution in [-0.2, 0) is 24.9 Å². The molecule has 0 amide bonds. The fourth-order valence-corrected chi connectivity index (χ4v) is 3.51. The first kappa shape index (κ1) is 17.2. The van der Waals surface area contributed by atoms with Crippen LogP contribution in [0.2, 0.25) is 0 Å². The summed E-state index contributed by atoms with van der Waals surface area (Å²) in [6.45, 7) is 0.773. The second-order valence-electron chi connectivity index (χ2n) is 6.15. The van der Waals surface area contributed by atoms with Gasteiger partial charge in [0.25, 0.3) is 0 Å². The summed E-state index contributed by atoms with van der Waals surface area (Å²) in [5.41, 5.74) is 3.09. The normalized spacial score (nSPS) is 10.9. The van der Waals surface area contributed by atoms with Gasteiger partial charge < -0.3 is 4.74 Å². The number of hydrogen-bond donors (Lipinski definition) is 0. The lowest BCUT2D eigenvalue weighted by atomic mass is 10.2. The van der Waals surface area contributed by atoms with E-state index in [0.717, 1.165) is 16.0 Å². The molecule has 4 aromatic rings. The summed E-state index contributed by atoms with van der Waals surface area (Å²) in [6.07, 6.45) is 5.27. The number of carbonyl (C=O) groups is 1. The van der Waals surface area contributed by atoms with Crippen LogP contribution in [0, 0.1) is 0 Å². The van der Waals surface area contributed by atoms with Gasteiger partial charge in [-0.15, -0.1) is 11.3 Å². The molecule has 136 valence electrons. The van der Waals surface area contributed by atoms with E-state index in [2.05, 4.69) is 10.2 Å². The Labute approximate surface area is 160 Å². The van der Waals surface area contributed by atoms with Crippen LogP contribution in [0.25, 0.3) is 10.6 Å². The Morgan fingerprint density at radius 2 is 1.96 bits per heavy atom. The van der Waals surface area contributed by atoms with Gasteiger partial charge in [0.15, 0.2) is 0 Å². The quantitative estimate of drug-likeness (QED) is 0.480. The van der Waals surface area contributed by atoms with Crippen molar-refractivity contribution in [3.63, 3.8) is 0 Å². The number of nitrogens with zero attached hydrogens (tertiary/aromatic N) is 4. The van der Waals surface area contributed by atoms with E-state index in [9.17, 15) is 4.79 Å². The molecular weight excluding hydrogens is 360 g/mol. The summed E-state index contributed by atoms with van der Waals surface area (Å²) >= 11 is 1.55. The van der Waals surface area contributed by atoms with E-state index >= 15 is 0 Å². The summed E-state index contributed by atoms with van der Waals surface area (Å²) in [5.74, 6) is -0.387. The molecule has 0 fully saturated rings. The highest BCUT2D eigenvalue weighted by atomic mass is 32.1. The van der Waals surface area contributed by atoms with Crippen molar-refractivity contribution in [3.8, 4) is 10.6 Å². The number of benzene rings is 1. The molecule has 0 atom stereocenters. The predicted molar refractivity (Wildman–Crippen MR) is 103 cm³/mol. The van der Waals surface area contributed by atoms with E-state index in [1.807, 2.05) is 61.1 Å². The zero-order chi connectivity index (χ0) is 18.6. The number of hydrogen-bond acceptors (Lipinski definition) is 5. The van der Waals surface area contributed by atoms with Gasteiger partial charge in [-0.3, -0.25) is 9.36 Å². The van der Waals surface area contributed by atoms with Crippen LogP contribution in [0.5, 0.6) is 0 Å². The molecular formula is C20H18N4O2S. The first-order valence-corrected chi connectivity index (χ1v) is 9.37. The maximum Gasteiger partial charge on any atom is 0.342 e. The van der Waals surface area contributed by atoms with Gasteiger partial charge in [0.05, 0.1) is 17.6 Å². The van der Waals surface area contributed by atoms with Gasteiger partial charge in [0.1, 0.15) is 17.9 Å². The lowest BCUT2D eigenvalue weighted by molar-refractivity contribution is 0.0473. The molecule has 0 spiro atoms. The summed E-state index contributed by atoms with van der Waals surface area (Å²) in [4.78, 5) is 13.6. The van der Waals surface area contributed by atoms with Gasteiger partial charge in [0.2, 0.25) is 0 Å². The van der Waals surface area contributed by atoms with Crippen LogP contribution >= 0.6 is 11.3 Å². The topological polar surface area (TPSA) is 61.9 Å². The number of carbonyl (C=O) groups excluding carboxylic acids is 1. The molecule has 0 saturated heterocycles. The van der Waals surface area contributed by atoms with Crippen molar-refractivity contribution in [2.24, 2.45) is 7.05 Å². The van der Waals surface area contributed by atoms with Crippen LogP contribution in [0.1, 0.15) is 21.5 Å². The van der Waals surface area contributed by atoms with Gasteiger partial charge >= 0.3 is 5.97 Å². The smallest absolute Gasteiger partial charge is 0.342 e. The van der Waals surface area contributed by atoms with Crippen molar-refractivity contribution < 1.29 is 9.53 Å². The van der Waals surface area contributed by atoms with Crippen molar-refractivity contribution >= 4 is 17.3 Å². The van der Waals surface area contributed by atoms with E-state index in [1.165, 1.54) is 0 Å².